The third-order valence-electron chi connectivity index (χ3n) is 12.7. The van der Waals surface area contributed by atoms with Gasteiger partial charge in [0, 0.05) is 27.8 Å². The van der Waals surface area contributed by atoms with Crippen molar-refractivity contribution < 1.29 is 4.42 Å². The molecule has 0 saturated heterocycles. The van der Waals surface area contributed by atoms with Crippen molar-refractivity contribution in [3.8, 4) is 33.4 Å². The zero-order chi connectivity index (χ0) is 46.6. The van der Waals surface area contributed by atoms with Gasteiger partial charge < -0.3 is 9.32 Å². The Morgan fingerprint density at radius 3 is 1.17 bits per heavy atom. The van der Waals surface area contributed by atoms with Crippen molar-refractivity contribution in [1.82, 2.24) is 0 Å². The summed E-state index contributed by atoms with van der Waals surface area (Å²) in [7, 11) is 90.7. The number of anilines is 3. The lowest BCUT2D eigenvalue weighted by atomic mass is 9.58. The summed E-state index contributed by atoms with van der Waals surface area (Å²) in [6.45, 7) is 0. The van der Waals surface area contributed by atoms with Gasteiger partial charge in [-0.1, -0.05) is 110 Å². The van der Waals surface area contributed by atoms with Crippen LogP contribution in [0.2, 0.25) is 0 Å². The zero-order valence-electron chi connectivity index (χ0n) is 35.4. The topological polar surface area (TPSA) is 16.4 Å². The average Bonchev–Trinajstić information content (AvgIpc) is 3.71. The van der Waals surface area contributed by atoms with E-state index in [-0.39, 0.29) is 76.5 Å². The molecule has 0 aliphatic heterocycles. The van der Waals surface area contributed by atoms with Crippen LogP contribution >= 0.6 is 0 Å². The van der Waals surface area contributed by atoms with Crippen molar-refractivity contribution in [1.29, 1.82) is 0 Å². The number of rotatable bonds is 6. The molecule has 0 unspecified atom stereocenters. The summed E-state index contributed by atoms with van der Waals surface area (Å²) in [5.74, 6) is 0. The largest absolute Gasteiger partial charge is 0.456 e. The highest BCUT2D eigenvalue weighted by molar-refractivity contribution is 6.73. The van der Waals surface area contributed by atoms with Gasteiger partial charge in [0.2, 0.25) is 0 Å². The summed E-state index contributed by atoms with van der Waals surface area (Å²) in [6.07, 6.45) is 0. The molecule has 16 heteroatoms. The van der Waals surface area contributed by atoms with Crippen LogP contribution in [0.1, 0.15) is 0 Å². The number of benzene rings is 9. The molecule has 9 aromatic carbocycles. The first-order valence-electron chi connectivity index (χ1n) is 20.7. The lowest BCUT2D eigenvalue weighted by Crippen LogP contribution is -2.52. The summed E-state index contributed by atoms with van der Waals surface area (Å²) >= 11 is 0. The molecule has 0 N–H and O–H groups in total. The van der Waals surface area contributed by atoms with Gasteiger partial charge in [-0.2, -0.15) is 0 Å². The van der Waals surface area contributed by atoms with E-state index >= 15 is 0 Å². The van der Waals surface area contributed by atoms with E-state index in [0.717, 1.165) is 50.1 Å². The minimum atomic E-state index is 0.106. The second-order valence-electron chi connectivity index (χ2n) is 16.3. The molecule has 2 nitrogen and oxygen atoms in total. The maximum absolute atomic E-state index is 6.83. The summed E-state index contributed by atoms with van der Waals surface area (Å²) in [5.41, 5.74) is 10.7. The molecule has 0 bridgehead atoms. The van der Waals surface area contributed by atoms with E-state index in [9.17, 15) is 0 Å². The molecule has 10 rings (SSSR count). The van der Waals surface area contributed by atoms with Gasteiger partial charge in [0.25, 0.3) is 0 Å². The first-order valence-corrected chi connectivity index (χ1v) is 20.7. The molecule has 66 heavy (non-hydrogen) atoms. The fourth-order valence-electron chi connectivity index (χ4n) is 9.17. The van der Waals surface area contributed by atoms with Crippen LogP contribution in [0.5, 0.6) is 0 Å². The predicted molar refractivity (Wildman–Crippen MR) is 295 cm³/mol. The van der Waals surface area contributed by atoms with Crippen LogP contribution < -0.4 is 81.4 Å². The molecule has 0 atom stereocenters. The van der Waals surface area contributed by atoms with E-state index in [1.807, 2.05) is 72.8 Å². The monoisotopic (exact) mass is 803 g/mol. The molecule has 1 heterocycles. The van der Waals surface area contributed by atoms with Crippen LogP contribution in [0.15, 0.2) is 120 Å². The maximum Gasteiger partial charge on any atom is 0.135 e. The number of hydrogen-bond donors (Lipinski definition) is 0. The Morgan fingerprint density at radius 2 is 0.636 bits per heavy atom. The van der Waals surface area contributed by atoms with Crippen LogP contribution in [0.25, 0.3) is 76.9 Å². The molecule has 1 aromatic heterocycles. The minimum absolute atomic E-state index is 0.106. The molecule has 28 radical (unpaired) electrons. The summed E-state index contributed by atoms with van der Waals surface area (Å²) < 4.78 is 6.09. The first-order chi connectivity index (χ1) is 31.6. The van der Waals surface area contributed by atoms with Crippen molar-refractivity contribution >= 4 is 247 Å². The number of furan rings is 1. The molecule has 272 valence electrons. The van der Waals surface area contributed by atoms with Crippen LogP contribution in [0.3, 0.4) is 0 Å². The van der Waals surface area contributed by atoms with Gasteiger partial charge in [-0.3, -0.25) is 0 Å². The fraction of sp³-hybridized carbons (Fsp3) is 0. The van der Waals surface area contributed by atoms with Crippen molar-refractivity contribution in [3.63, 3.8) is 0 Å². The molecule has 0 aliphatic carbocycles. The molecule has 0 amide bonds. The third-order valence-corrected chi connectivity index (χ3v) is 12.7. The highest BCUT2D eigenvalue weighted by Crippen LogP contribution is 2.39. The number of fused-ring (bicyclic) bond motifs is 5. The fourth-order valence-corrected chi connectivity index (χ4v) is 9.17. The summed E-state index contributed by atoms with van der Waals surface area (Å²) in [5, 5.41) is 3.63. The van der Waals surface area contributed by atoms with E-state index in [1.165, 1.54) is 0 Å². The van der Waals surface area contributed by atoms with E-state index in [0.29, 0.717) is 43.8 Å². The SMILES string of the molecule is [B]c1c([B])c([B])c2c([B])c(-c3ccc(N(c4ccc(-c5ccc6oc7ccccc7c6c5)cc4)c4ccc(-c5c([B])c([B])c([B])c6c([B])c([B])c([B])c([B])c56)cc4)cc3)c([B])c([B])c2c1[B]. The number of hydrogen-bond acceptors (Lipinski definition) is 2. The Bertz CT molecular complexity index is 3670. The van der Waals surface area contributed by atoms with Gasteiger partial charge in [-0.15, -0.1) is 27.3 Å². The van der Waals surface area contributed by atoms with E-state index in [1.54, 1.807) is 0 Å². The van der Waals surface area contributed by atoms with Gasteiger partial charge in [0.05, 0.1) is 0 Å². The van der Waals surface area contributed by atoms with Gasteiger partial charge >= 0.3 is 0 Å². The molecule has 0 spiro atoms. The normalized spacial score (nSPS) is 11.6. The van der Waals surface area contributed by atoms with E-state index in [2.05, 4.69) is 47.4 Å². The van der Waals surface area contributed by atoms with Crippen LogP contribution in [0, 0.1) is 0 Å². The van der Waals surface area contributed by atoms with Crippen molar-refractivity contribution in [2.45, 2.75) is 0 Å². The average molecular weight is 801 g/mol. The van der Waals surface area contributed by atoms with Crippen molar-refractivity contribution in [2.75, 3.05) is 4.90 Å². The second-order valence-corrected chi connectivity index (χ2v) is 16.3. The van der Waals surface area contributed by atoms with Crippen LogP contribution in [-0.4, -0.2) is 110 Å². The summed E-state index contributed by atoms with van der Waals surface area (Å²) in [4.78, 5) is 2.09. The quantitative estimate of drug-likeness (QED) is 0.173. The third kappa shape index (κ3) is 6.68. The zero-order valence-corrected chi connectivity index (χ0v) is 35.4. The Balaban J connectivity index is 1.11. The molecular formula is C50H19B14NO. The smallest absolute Gasteiger partial charge is 0.135 e. The lowest BCUT2D eigenvalue weighted by Gasteiger charge is -2.28. The second kappa shape index (κ2) is 16.4. The van der Waals surface area contributed by atoms with E-state index in [4.69, 9.17) is 114 Å². The number of nitrogens with zero attached hydrogens (tertiary/aromatic N) is 1. The van der Waals surface area contributed by atoms with Gasteiger partial charge in [-0.05, 0) is 110 Å². The summed E-state index contributed by atoms with van der Waals surface area (Å²) in [6, 6.07) is 37.9. The van der Waals surface area contributed by atoms with Crippen LogP contribution in [0.4, 0.5) is 17.1 Å². The standard InChI is InChI=1S/C50H19B14NO/c51-37-32(39(53)41(55)36-35(37)44(58)49(63)50(64)45(36)59)22-9-16-26(17-10-22)65(24-12-5-20(6-13-24)23-11-18-30-28(19-23)27-3-1-2-4-29(27)66-30)25-14-7-21(8-15-25)31-33-34(42(56)46(60)38(31)52)43(57)48(62)47(61)40(33)54/h1-19H. The predicted octanol–water partition coefficient (Wildman–Crippen LogP) is -2.52. The molecular weight excluding hydrogens is 782 g/mol. The highest BCUT2D eigenvalue weighted by atomic mass is 16.3. The Morgan fingerprint density at radius 1 is 0.273 bits per heavy atom. The Kier molecular flexibility index (Phi) is 10.9. The number of para-hydroxylation sites is 1. The van der Waals surface area contributed by atoms with Gasteiger partial charge in [-0.25, -0.2) is 0 Å². The van der Waals surface area contributed by atoms with Gasteiger partial charge in [0.1, 0.15) is 121 Å². The lowest BCUT2D eigenvalue weighted by molar-refractivity contribution is 0.669. The highest BCUT2D eigenvalue weighted by Gasteiger charge is 2.22. The Labute approximate surface area is 402 Å². The Hall–Kier alpha value is -5.99. The van der Waals surface area contributed by atoms with Crippen LogP contribution in [-0.2, 0) is 0 Å². The molecule has 0 saturated carbocycles. The van der Waals surface area contributed by atoms with E-state index < -0.39 is 0 Å². The van der Waals surface area contributed by atoms with Crippen molar-refractivity contribution in [3.05, 3.63) is 115 Å². The van der Waals surface area contributed by atoms with Crippen molar-refractivity contribution in [2.24, 2.45) is 0 Å². The minimum Gasteiger partial charge on any atom is -0.456 e. The first kappa shape index (κ1) is 43.9. The molecule has 0 fully saturated rings. The molecule has 10 aromatic rings. The maximum atomic E-state index is 6.83. The van der Waals surface area contributed by atoms with Gasteiger partial charge in [0.15, 0.2) is 0 Å². The molecule has 0 aliphatic rings.